The number of aromatic nitrogens is 1. The van der Waals surface area contributed by atoms with Crippen molar-refractivity contribution in [1.82, 2.24) is 4.98 Å². The Bertz CT molecular complexity index is 980. The van der Waals surface area contributed by atoms with E-state index in [0.29, 0.717) is 11.2 Å². The van der Waals surface area contributed by atoms with E-state index in [9.17, 15) is 18.3 Å². The molecule has 0 radical (unpaired) electrons. The van der Waals surface area contributed by atoms with Gasteiger partial charge >= 0.3 is 6.18 Å². The Hall–Kier alpha value is -3.11. The number of nitrogens with one attached hydrogen (secondary N) is 1. The van der Waals surface area contributed by atoms with Crippen LogP contribution in [0.25, 0.3) is 10.9 Å². The molecule has 2 aromatic carbocycles. The lowest BCUT2D eigenvalue weighted by Crippen LogP contribution is -2.14. The summed E-state index contributed by atoms with van der Waals surface area (Å²) in [6.07, 6.45) is -5.61. The minimum absolute atomic E-state index is 0.0137. The van der Waals surface area contributed by atoms with Crippen LogP contribution in [0.5, 0.6) is 0 Å². The molecular formula is C19H14F3N3O. The first-order chi connectivity index (χ1) is 12.4. The zero-order valence-electron chi connectivity index (χ0n) is 13.5. The number of hydrogen-bond donors (Lipinski definition) is 2. The molecule has 0 amide bonds. The maximum atomic E-state index is 12.8. The summed E-state index contributed by atoms with van der Waals surface area (Å²) in [4.78, 5) is 4.19. The van der Waals surface area contributed by atoms with Crippen molar-refractivity contribution in [2.75, 3.05) is 11.9 Å². The van der Waals surface area contributed by atoms with Crippen LogP contribution in [0.4, 0.5) is 18.9 Å². The number of aliphatic hydroxyl groups excluding tert-OH is 1. The van der Waals surface area contributed by atoms with Gasteiger partial charge in [0.05, 0.1) is 17.2 Å². The molecule has 7 heteroatoms. The minimum atomic E-state index is -4.47. The van der Waals surface area contributed by atoms with Gasteiger partial charge in [-0.25, -0.2) is 4.98 Å². The fourth-order valence-corrected chi connectivity index (χ4v) is 2.63. The predicted octanol–water partition coefficient (Wildman–Crippen LogP) is 4.27. The minimum Gasteiger partial charge on any atom is -0.387 e. The van der Waals surface area contributed by atoms with Gasteiger partial charge in [0.1, 0.15) is 11.8 Å². The van der Waals surface area contributed by atoms with Crippen molar-refractivity contribution in [3.05, 3.63) is 71.4 Å². The Morgan fingerprint density at radius 2 is 1.88 bits per heavy atom. The van der Waals surface area contributed by atoms with E-state index < -0.39 is 17.8 Å². The number of alkyl halides is 3. The summed E-state index contributed by atoms with van der Waals surface area (Å²) in [5.41, 5.74) is 0.752. The van der Waals surface area contributed by atoms with Gasteiger partial charge in [0.2, 0.25) is 0 Å². The first-order valence-electron chi connectivity index (χ1n) is 7.77. The highest BCUT2D eigenvalue weighted by Gasteiger charge is 2.30. The Balaban J connectivity index is 1.83. The number of para-hydroxylation sites is 1. The summed E-state index contributed by atoms with van der Waals surface area (Å²) in [6, 6.07) is 15.3. The molecule has 26 heavy (non-hydrogen) atoms. The number of nitrogens with zero attached hydrogens (tertiary/aromatic N) is 2. The van der Waals surface area contributed by atoms with Gasteiger partial charge < -0.3 is 10.4 Å². The summed E-state index contributed by atoms with van der Waals surface area (Å²) >= 11 is 0. The highest BCUT2D eigenvalue weighted by molar-refractivity contribution is 5.91. The van der Waals surface area contributed by atoms with Crippen molar-refractivity contribution in [3.63, 3.8) is 0 Å². The maximum absolute atomic E-state index is 12.8. The third-order valence-electron chi connectivity index (χ3n) is 3.92. The van der Waals surface area contributed by atoms with Gasteiger partial charge in [0.15, 0.2) is 0 Å². The van der Waals surface area contributed by atoms with E-state index in [-0.39, 0.29) is 17.8 Å². The van der Waals surface area contributed by atoms with Gasteiger partial charge in [-0.15, -0.1) is 0 Å². The summed E-state index contributed by atoms with van der Waals surface area (Å²) in [5.74, 6) is 0. The zero-order valence-corrected chi connectivity index (χ0v) is 13.5. The van der Waals surface area contributed by atoms with Gasteiger partial charge in [-0.1, -0.05) is 30.3 Å². The Morgan fingerprint density at radius 3 is 2.62 bits per heavy atom. The Labute approximate surface area is 147 Å². The van der Waals surface area contributed by atoms with Crippen LogP contribution in [0, 0.1) is 11.3 Å². The van der Waals surface area contributed by atoms with Gasteiger partial charge in [-0.05, 0) is 29.8 Å². The molecule has 0 saturated heterocycles. The average molecular weight is 357 g/mol. The van der Waals surface area contributed by atoms with Crippen LogP contribution in [0.15, 0.2) is 54.6 Å². The highest BCUT2D eigenvalue weighted by atomic mass is 19.4. The number of pyridine rings is 1. The van der Waals surface area contributed by atoms with Gasteiger partial charge in [0, 0.05) is 17.6 Å². The van der Waals surface area contributed by atoms with Crippen LogP contribution in [0.3, 0.4) is 0 Å². The van der Waals surface area contributed by atoms with Crippen LogP contribution in [0.2, 0.25) is 0 Å². The molecule has 0 saturated carbocycles. The molecule has 3 rings (SSSR count). The second-order valence-corrected chi connectivity index (χ2v) is 5.70. The van der Waals surface area contributed by atoms with Crippen LogP contribution in [-0.4, -0.2) is 16.6 Å². The Kier molecular flexibility index (Phi) is 4.78. The van der Waals surface area contributed by atoms with Crippen molar-refractivity contribution < 1.29 is 18.3 Å². The quantitative estimate of drug-likeness (QED) is 0.732. The fourth-order valence-electron chi connectivity index (χ4n) is 2.63. The zero-order chi connectivity index (χ0) is 18.7. The van der Waals surface area contributed by atoms with E-state index >= 15 is 0 Å². The van der Waals surface area contributed by atoms with Crippen molar-refractivity contribution >= 4 is 16.6 Å². The van der Waals surface area contributed by atoms with E-state index in [1.165, 1.54) is 12.1 Å². The third kappa shape index (κ3) is 3.76. The normalized spacial score (nSPS) is 12.6. The first kappa shape index (κ1) is 17.7. The van der Waals surface area contributed by atoms with Crippen LogP contribution in [0.1, 0.15) is 22.9 Å². The van der Waals surface area contributed by atoms with Crippen LogP contribution < -0.4 is 5.32 Å². The van der Waals surface area contributed by atoms with E-state index in [1.807, 2.05) is 18.2 Å². The van der Waals surface area contributed by atoms with Crippen molar-refractivity contribution in [1.29, 1.82) is 5.26 Å². The number of benzene rings is 2. The fraction of sp³-hybridized carbons (Fsp3) is 0.158. The lowest BCUT2D eigenvalue weighted by atomic mass is 10.1. The van der Waals surface area contributed by atoms with Crippen molar-refractivity contribution in [2.24, 2.45) is 0 Å². The number of fused-ring (bicyclic) bond motifs is 1. The van der Waals surface area contributed by atoms with Crippen LogP contribution >= 0.6 is 0 Å². The number of hydrogen-bond acceptors (Lipinski definition) is 4. The van der Waals surface area contributed by atoms with Crippen LogP contribution in [-0.2, 0) is 6.18 Å². The van der Waals surface area contributed by atoms with Crippen molar-refractivity contribution in [3.8, 4) is 6.07 Å². The molecule has 1 unspecified atom stereocenters. The molecule has 4 nitrogen and oxygen atoms in total. The molecule has 132 valence electrons. The average Bonchev–Trinajstić information content (AvgIpc) is 2.65. The second kappa shape index (κ2) is 7.02. The summed E-state index contributed by atoms with van der Waals surface area (Å²) < 4.78 is 38.4. The SMILES string of the molecule is N#Cc1cc(NCC(O)c2cccc(C(F)(F)F)c2)c2ccccc2n1. The molecule has 1 atom stereocenters. The molecule has 3 aromatic rings. The maximum Gasteiger partial charge on any atom is 0.416 e. The smallest absolute Gasteiger partial charge is 0.387 e. The Morgan fingerprint density at radius 1 is 1.12 bits per heavy atom. The molecule has 0 bridgehead atoms. The number of halogens is 3. The lowest BCUT2D eigenvalue weighted by molar-refractivity contribution is -0.137. The van der Waals surface area contributed by atoms with E-state index in [4.69, 9.17) is 5.26 Å². The molecule has 2 N–H and O–H groups in total. The molecule has 1 heterocycles. The van der Waals surface area contributed by atoms with Crippen molar-refractivity contribution in [2.45, 2.75) is 12.3 Å². The summed E-state index contributed by atoms with van der Waals surface area (Å²) in [5, 5.41) is 23.1. The van der Waals surface area contributed by atoms with E-state index in [0.717, 1.165) is 17.5 Å². The predicted molar refractivity (Wildman–Crippen MR) is 91.4 cm³/mol. The van der Waals surface area contributed by atoms with E-state index in [1.54, 1.807) is 18.2 Å². The lowest BCUT2D eigenvalue weighted by Gasteiger charge is -2.16. The number of nitriles is 1. The van der Waals surface area contributed by atoms with E-state index in [2.05, 4.69) is 10.3 Å². The standard InChI is InChI=1S/C19H14F3N3O/c20-19(21,22)13-5-3-4-12(8-13)18(26)11-24-17-9-14(10-23)25-16-7-2-1-6-15(16)17/h1-9,18,26H,11H2,(H,24,25). The molecule has 0 fully saturated rings. The van der Waals surface area contributed by atoms with Gasteiger partial charge in [0.25, 0.3) is 0 Å². The largest absolute Gasteiger partial charge is 0.416 e. The third-order valence-corrected chi connectivity index (χ3v) is 3.92. The van der Waals surface area contributed by atoms with Gasteiger partial charge in [-0.2, -0.15) is 18.4 Å². The molecule has 0 aliphatic heterocycles. The molecule has 0 aliphatic rings. The first-order valence-corrected chi connectivity index (χ1v) is 7.77. The summed E-state index contributed by atoms with van der Waals surface area (Å²) in [6.45, 7) is -0.0137. The summed E-state index contributed by atoms with van der Waals surface area (Å²) in [7, 11) is 0. The topological polar surface area (TPSA) is 68.9 Å². The second-order valence-electron chi connectivity index (χ2n) is 5.70. The van der Waals surface area contributed by atoms with Gasteiger partial charge in [-0.3, -0.25) is 0 Å². The molecule has 0 spiro atoms. The number of aliphatic hydroxyl groups is 1. The molecular weight excluding hydrogens is 343 g/mol. The molecule has 0 aliphatic carbocycles. The molecule has 1 aromatic heterocycles. The monoisotopic (exact) mass is 357 g/mol. The highest BCUT2D eigenvalue weighted by Crippen LogP contribution is 2.31. The number of anilines is 1. The number of rotatable bonds is 4.